The van der Waals surface area contributed by atoms with Crippen LogP contribution in [0.15, 0.2) is 16.5 Å². The highest BCUT2D eigenvalue weighted by Crippen LogP contribution is 2.22. The molecule has 0 aliphatic carbocycles. The molecule has 94 valence electrons. The largest absolute Gasteiger partial charge is 0.475 e. The summed E-state index contributed by atoms with van der Waals surface area (Å²) in [7, 11) is 0. The number of aliphatic hydroxyl groups is 1. The minimum atomic E-state index is -1.04. The summed E-state index contributed by atoms with van der Waals surface area (Å²) in [5.74, 6) is -0.0941. The lowest BCUT2D eigenvalue weighted by Crippen LogP contribution is -2.23. The van der Waals surface area contributed by atoms with Crippen molar-refractivity contribution in [2.24, 2.45) is 5.92 Å². The molecule has 2 atom stereocenters. The molecule has 1 saturated heterocycles. The number of likely N-dealkylation sites (tertiary alicyclic amines) is 1. The smallest absolute Gasteiger partial charge is 0.371 e. The zero-order valence-electron chi connectivity index (χ0n) is 9.80. The summed E-state index contributed by atoms with van der Waals surface area (Å²) >= 11 is 0. The first-order chi connectivity index (χ1) is 8.06. The van der Waals surface area contributed by atoms with Crippen molar-refractivity contribution in [1.29, 1.82) is 0 Å². The van der Waals surface area contributed by atoms with E-state index in [0.29, 0.717) is 18.2 Å². The first-order valence-corrected chi connectivity index (χ1v) is 5.78. The summed E-state index contributed by atoms with van der Waals surface area (Å²) in [5, 5.41) is 18.2. The van der Waals surface area contributed by atoms with Gasteiger partial charge in [0.25, 0.3) is 0 Å². The van der Waals surface area contributed by atoms with E-state index >= 15 is 0 Å². The lowest BCUT2D eigenvalue weighted by Gasteiger charge is -2.15. The number of rotatable bonds is 4. The van der Waals surface area contributed by atoms with E-state index < -0.39 is 5.97 Å². The van der Waals surface area contributed by atoms with Crippen LogP contribution in [0.1, 0.15) is 29.7 Å². The van der Waals surface area contributed by atoms with Gasteiger partial charge in [-0.2, -0.15) is 0 Å². The van der Waals surface area contributed by atoms with Crippen molar-refractivity contribution in [2.75, 3.05) is 13.1 Å². The fourth-order valence-corrected chi connectivity index (χ4v) is 2.20. The Morgan fingerprint density at radius 3 is 2.94 bits per heavy atom. The van der Waals surface area contributed by atoms with Crippen LogP contribution in [0.25, 0.3) is 0 Å². The van der Waals surface area contributed by atoms with Crippen LogP contribution < -0.4 is 0 Å². The molecular weight excluding hydrogens is 222 g/mol. The van der Waals surface area contributed by atoms with Gasteiger partial charge in [-0.25, -0.2) is 4.79 Å². The quantitative estimate of drug-likeness (QED) is 0.825. The third-order valence-corrected chi connectivity index (χ3v) is 3.24. The molecule has 1 fully saturated rings. The molecule has 5 nitrogen and oxygen atoms in total. The number of hydrogen-bond donors (Lipinski definition) is 2. The number of carboxylic acid groups (broad SMARTS) is 1. The molecule has 1 aliphatic rings. The third kappa shape index (κ3) is 2.87. The van der Waals surface area contributed by atoms with E-state index in [1.165, 1.54) is 6.07 Å². The summed E-state index contributed by atoms with van der Waals surface area (Å²) in [6.45, 7) is 4.17. The second-order valence-electron chi connectivity index (χ2n) is 4.60. The second kappa shape index (κ2) is 4.89. The van der Waals surface area contributed by atoms with E-state index in [-0.39, 0.29) is 11.9 Å². The Hall–Kier alpha value is -1.33. The van der Waals surface area contributed by atoms with Crippen LogP contribution in [-0.2, 0) is 6.54 Å². The van der Waals surface area contributed by atoms with Gasteiger partial charge in [-0.15, -0.1) is 0 Å². The van der Waals surface area contributed by atoms with Gasteiger partial charge in [0.15, 0.2) is 0 Å². The van der Waals surface area contributed by atoms with Crippen molar-refractivity contribution in [3.63, 3.8) is 0 Å². The molecule has 1 aromatic heterocycles. The highest BCUT2D eigenvalue weighted by Gasteiger charge is 2.26. The number of carbonyl (C=O) groups is 1. The highest BCUT2D eigenvalue weighted by atomic mass is 16.4. The number of furan rings is 1. The SMILES string of the molecule is CC(O)C1CCN(Cc2ccc(C(=O)O)o2)C1. The van der Waals surface area contributed by atoms with Gasteiger partial charge in [-0.3, -0.25) is 4.90 Å². The van der Waals surface area contributed by atoms with Crippen LogP contribution >= 0.6 is 0 Å². The zero-order chi connectivity index (χ0) is 12.4. The van der Waals surface area contributed by atoms with Gasteiger partial charge in [0, 0.05) is 6.54 Å². The molecule has 2 rings (SSSR count). The fraction of sp³-hybridized carbons (Fsp3) is 0.583. The normalized spacial score (nSPS) is 22.8. The maximum Gasteiger partial charge on any atom is 0.371 e. The maximum absolute atomic E-state index is 10.7. The molecule has 0 spiro atoms. The van der Waals surface area contributed by atoms with Crippen molar-refractivity contribution in [3.05, 3.63) is 23.7 Å². The van der Waals surface area contributed by atoms with Gasteiger partial charge in [0.05, 0.1) is 12.6 Å². The summed E-state index contributed by atoms with van der Waals surface area (Å²) in [6, 6.07) is 3.17. The van der Waals surface area contributed by atoms with E-state index in [4.69, 9.17) is 9.52 Å². The standard InChI is InChI=1S/C12H17NO4/c1-8(14)9-4-5-13(6-9)7-10-2-3-11(17-10)12(15)16/h2-3,8-9,14H,4-7H2,1H3,(H,15,16). The highest BCUT2D eigenvalue weighted by molar-refractivity contribution is 5.84. The van der Waals surface area contributed by atoms with Crippen LogP contribution in [0.2, 0.25) is 0 Å². The Morgan fingerprint density at radius 1 is 1.65 bits per heavy atom. The van der Waals surface area contributed by atoms with Gasteiger partial charge < -0.3 is 14.6 Å². The molecule has 0 bridgehead atoms. The van der Waals surface area contributed by atoms with Gasteiger partial charge in [0.1, 0.15) is 5.76 Å². The van der Waals surface area contributed by atoms with Gasteiger partial charge >= 0.3 is 5.97 Å². The van der Waals surface area contributed by atoms with Crippen molar-refractivity contribution in [1.82, 2.24) is 4.90 Å². The monoisotopic (exact) mass is 239 g/mol. The van der Waals surface area contributed by atoms with Crippen LogP contribution in [-0.4, -0.2) is 40.3 Å². The molecule has 17 heavy (non-hydrogen) atoms. The molecule has 0 radical (unpaired) electrons. The van der Waals surface area contributed by atoms with Crippen LogP contribution in [0.4, 0.5) is 0 Å². The molecule has 2 unspecified atom stereocenters. The number of nitrogens with zero attached hydrogens (tertiary/aromatic N) is 1. The van der Waals surface area contributed by atoms with Gasteiger partial charge in [0.2, 0.25) is 5.76 Å². The average Bonchev–Trinajstić information content (AvgIpc) is 2.87. The van der Waals surface area contributed by atoms with Crippen molar-refractivity contribution in [3.8, 4) is 0 Å². The molecule has 1 aromatic rings. The number of aromatic carboxylic acids is 1. The van der Waals surface area contributed by atoms with Crippen molar-refractivity contribution < 1.29 is 19.4 Å². The zero-order valence-corrected chi connectivity index (χ0v) is 9.80. The molecule has 0 saturated carbocycles. The lowest BCUT2D eigenvalue weighted by atomic mass is 10.0. The molecule has 1 aliphatic heterocycles. The Labute approximate surface area is 99.6 Å². The predicted octanol–water partition coefficient (Wildman–Crippen LogP) is 1.18. The minimum absolute atomic E-state index is 0.0220. The fourth-order valence-electron chi connectivity index (χ4n) is 2.20. The summed E-state index contributed by atoms with van der Waals surface area (Å²) < 4.78 is 5.20. The Morgan fingerprint density at radius 2 is 2.41 bits per heavy atom. The Balaban J connectivity index is 1.91. The summed E-state index contributed by atoms with van der Waals surface area (Å²) in [5.41, 5.74) is 0. The number of carboxylic acids is 1. The molecule has 2 heterocycles. The first kappa shape index (κ1) is 12.1. The molecule has 2 N–H and O–H groups in total. The summed E-state index contributed by atoms with van der Waals surface area (Å²) in [6.07, 6.45) is 0.690. The number of aliphatic hydroxyl groups excluding tert-OH is 1. The predicted molar refractivity (Wildman–Crippen MR) is 60.7 cm³/mol. The van der Waals surface area contributed by atoms with Gasteiger partial charge in [-0.05, 0) is 37.9 Å². The van der Waals surface area contributed by atoms with E-state index in [2.05, 4.69) is 4.90 Å². The first-order valence-electron chi connectivity index (χ1n) is 5.78. The van der Waals surface area contributed by atoms with Crippen molar-refractivity contribution in [2.45, 2.75) is 26.0 Å². The van der Waals surface area contributed by atoms with E-state index in [1.54, 1.807) is 6.07 Å². The minimum Gasteiger partial charge on any atom is -0.475 e. The maximum atomic E-state index is 10.7. The summed E-state index contributed by atoms with van der Waals surface area (Å²) in [4.78, 5) is 12.8. The van der Waals surface area contributed by atoms with E-state index in [0.717, 1.165) is 19.5 Å². The van der Waals surface area contributed by atoms with Crippen molar-refractivity contribution >= 4 is 5.97 Å². The van der Waals surface area contributed by atoms with Crippen LogP contribution in [0, 0.1) is 5.92 Å². The Kier molecular flexibility index (Phi) is 3.49. The Bertz CT molecular complexity index is 399. The average molecular weight is 239 g/mol. The lowest BCUT2D eigenvalue weighted by molar-refractivity contribution is 0.0658. The van der Waals surface area contributed by atoms with Crippen LogP contribution in [0.3, 0.4) is 0 Å². The second-order valence-corrected chi connectivity index (χ2v) is 4.60. The van der Waals surface area contributed by atoms with E-state index in [1.807, 2.05) is 6.92 Å². The van der Waals surface area contributed by atoms with E-state index in [9.17, 15) is 9.90 Å². The van der Waals surface area contributed by atoms with Gasteiger partial charge in [-0.1, -0.05) is 0 Å². The molecular formula is C12H17NO4. The molecule has 5 heteroatoms. The molecule has 0 aromatic carbocycles. The topological polar surface area (TPSA) is 73.9 Å². The molecule has 0 amide bonds. The van der Waals surface area contributed by atoms with Crippen LogP contribution in [0.5, 0.6) is 0 Å². The number of hydrogen-bond acceptors (Lipinski definition) is 4. The third-order valence-electron chi connectivity index (χ3n) is 3.24.